The Morgan fingerprint density at radius 1 is 1.29 bits per heavy atom. The molecule has 0 amide bonds. The van der Waals surface area contributed by atoms with E-state index < -0.39 is 0 Å². The van der Waals surface area contributed by atoms with E-state index in [1.54, 1.807) is 7.11 Å². The van der Waals surface area contributed by atoms with Crippen molar-refractivity contribution in [2.75, 3.05) is 14.2 Å². The second-order valence-electron chi connectivity index (χ2n) is 2.48. The fourth-order valence-electron chi connectivity index (χ4n) is 1.07. The molecule has 0 spiro atoms. The highest BCUT2D eigenvalue weighted by Crippen LogP contribution is 2.35. The number of methoxy groups -OCH3 is 2. The summed E-state index contributed by atoms with van der Waals surface area (Å²) in [6, 6.07) is 0.313. The molecule has 0 aliphatic heterocycles. The molecule has 0 saturated heterocycles. The van der Waals surface area contributed by atoms with E-state index in [0.29, 0.717) is 11.9 Å². The predicted octanol–water partition coefficient (Wildman–Crippen LogP) is 2.47. The summed E-state index contributed by atoms with van der Waals surface area (Å²) in [5.74, 6) is 0.544. The maximum absolute atomic E-state index is 5.14. The predicted molar refractivity (Wildman–Crippen MR) is 58.2 cm³/mol. The van der Waals surface area contributed by atoms with Gasteiger partial charge in [0.1, 0.15) is 10.2 Å². The van der Waals surface area contributed by atoms with Crippen LogP contribution in [0.4, 0.5) is 0 Å². The van der Waals surface area contributed by atoms with Crippen LogP contribution in [-0.4, -0.2) is 24.2 Å². The topological polar surface area (TPSA) is 44.2 Å². The standard InChI is InChI=1S/C8H7BrN2O2S/c1-12-7-6-5(4(9)3-14-6)10-8(11-7)13-2/h3H,1-2H3. The lowest BCUT2D eigenvalue weighted by atomic mass is 10.5. The van der Waals surface area contributed by atoms with Crippen molar-refractivity contribution >= 4 is 37.5 Å². The molecule has 6 heteroatoms. The van der Waals surface area contributed by atoms with Gasteiger partial charge in [-0.3, -0.25) is 0 Å². The minimum Gasteiger partial charge on any atom is -0.480 e. The molecule has 2 aromatic rings. The Morgan fingerprint density at radius 2 is 2.07 bits per heavy atom. The smallest absolute Gasteiger partial charge is 0.320 e. The lowest BCUT2D eigenvalue weighted by Crippen LogP contribution is -1.95. The highest BCUT2D eigenvalue weighted by molar-refractivity contribution is 9.10. The molecule has 74 valence electrons. The van der Waals surface area contributed by atoms with Crippen molar-refractivity contribution in [3.63, 3.8) is 0 Å². The van der Waals surface area contributed by atoms with Crippen LogP contribution in [0.1, 0.15) is 0 Å². The summed E-state index contributed by atoms with van der Waals surface area (Å²) >= 11 is 4.93. The average Bonchev–Trinajstić information content (AvgIpc) is 2.59. The van der Waals surface area contributed by atoms with E-state index in [9.17, 15) is 0 Å². The molecule has 0 aromatic carbocycles. The van der Waals surface area contributed by atoms with Crippen LogP contribution in [0.15, 0.2) is 9.85 Å². The molecule has 14 heavy (non-hydrogen) atoms. The third kappa shape index (κ3) is 1.44. The van der Waals surface area contributed by atoms with Gasteiger partial charge in [-0.1, -0.05) is 0 Å². The molecule has 0 atom stereocenters. The molecule has 0 saturated carbocycles. The Hall–Kier alpha value is -0.880. The van der Waals surface area contributed by atoms with E-state index in [0.717, 1.165) is 14.7 Å². The van der Waals surface area contributed by atoms with E-state index in [2.05, 4.69) is 25.9 Å². The van der Waals surface area contributed by atoms with E-state index >= 15 is 0 Å². The number of ether oxygens (including phenoxy) is 2. The molecule has 0 fully saturated rings. The first-order valence-electron chi connectivity index (χ1n) is 3.79. The third-order valence-corrected chi connectivity index (χ3v) is 3.56. The number of nitrogens with zero attached hydrogens (tertiary/aromatic N) is 2. The van der Waals surface area contributed by atoms with E-state index in [1.807, 2.05) is 5.38 Å². The van der Waals surface area contributed by atoms with Gasteiger partial charge >= 0.3 is 6.01 Å². The Labute approximate surface area is 93.0 Å². The maximum atomic E-state index is 5.14. The maximum Gasteiger partial charge on any atom is 0.320 e. The zero-order valence-electron chi connectivity index (χ0n) is 7.57. The minimum atomic E-state index is 0.313. The van der Waals surface area contributed by atoms with Crippen molar-refractivity contribution in [3.05, 3.63) is 9.85 Å². The minimum absolute atomic E-state index is 0.313. The second kappa shape index (κ2) is 3.70. The van der Waals surface area contributed by atoms with E-state index in [4.69, 9.17) is 9.47 Å². The van der Waals surface area contributed by atoms with Crippen LogP contribution in [0.25, 0.3) is 10.2 Å². The number of halogens is 1. The molecule has 0 aliphatic carbocycles. The van der Waals surface area contributed by atoms with Crippen LogP contribution in [0.3, 0.4) is 0 Å². The van der Waals surface area contributed by atoms with E-state index in [1.165, 1.54) is 18.4 Å². The number of fused-ring (bicyclic) bond motifs is 1. The normalized spacial score (nSPS) is 10.5. The van der Waals surface area contributed by atoms with Crippen LogP contribution in [0.5, 0.6) is 11.9 Å². The van der Waals surface area contributed by atoms with Crippen molar-refractivity contribution in [1.82, 2.24) is 9.97 Å². The molecule has 0 radical (unpaired) electrons. The second-order valence-corrected chi connectivity index (χ2v) is 4.21. The van der Waals surface area contributed by atoms with Crippen molar-refractivity contribution in [2.24, 2.45) is 0 Å². The Balaban J connectivity index is 2.76. The Bertz CT molecular complexity index is 472. The quantitative estimate of drug-likeness (QED) is 0.844. The molecule has 2 rings (SSSR count). The van der Waals surface area contributed by atoms with Crippen LogP contribution in [-0.2, 0) is 0 Å². The zero-order chi connectivity index (χ0) is 10.1. The fourth-order valence-corrected chi connectivity index (χ4v) is 2.60. The summed E-state index contributed by atoms with van der Waals surface area (Å²) in [4.78, 5) is 8.30. The first-order valence-corrected chi connectivity index (χ1v) is 5.46. The van der Waals surface area contributed by atoms with Gasteiger partial charge in [-0.05, 0) is 15.9 Å². The lowest BCUT2D eigenvalue weighted by molar-refractivity contribution is 0.357. The Morgan fingerprint density at radius 3 is 2.71 bits per heavy atom. The number of aromatic nitrogens is 2. The number of rotatable bonds is 2. The summed E-state index contributed by atoms with van der Waals surface area (Å²) in [5.41, 5.74) is 0.818. The third-order valence-electron chi connectivity index (χ3n) is 1.70. The van der Waals surface area contributed by atoms with Gasteiger partial charge in [0.25, 0.3) is 0 Å². The molecule has 0 unspecified atom stereocenters. The summed E-state index contributed by atoms with van der Waals surface area (Å²) < 4.78 is 12.0. The van der Waals surface area contributed by atoms with E-state index in [-0.39, 0.29) is 0 Å². The summed E-state index contributed by atoms with van der Waals surface area (Å²) in [5, 5.41) is 1.95. The van der Waals surface area contributed by atoms with Gasteiger partial charge in [-0.15, -0.1) is 11.3 Å². The van der Waals surface area contributed by atoms with Gasteiger partial charge in [0.15, 0.2) is 0 Å². The molecular formula is C8H7BrN2O2S. The molecular weight excluding hydrogens is 268 g/mol. The first-order chi connectivity index (χ1) is 6.76. The summed E-state index contributed by atoms with van der Waals surface area (Å²) in [6.07, 6.45) is 0. The van der Waals surface area contributed by atoms with Crippen molar-refractivity contribution in [1.29, 1.82) is 0 Å². The average molecular weight is 275 g/mol. The molecule has 2 heterocycles. The van der Waals surface area contributed by atoms with Gasteiger partial charge < -0.3 is 9.47 Å². The largest absolute Gasteiger partial charge is 0.480 e. The molecule has 0 N–H and O–H groups in total. The SMILES string of the molecule is COc1nc(OC)c2scc(Br)c2n1. The van der Waals surface area contributed by atoms with Crippen molar-refractivity contribution < 1.29 is 9.47 Å². The van der Waals surface area contributed by atoms with Gasteiger partial charge in [-0.2, -0.15) is 9.97 Å². The molecule has 4 nitrogen and oxygen atoms in total. The zero-order valence-corrected chi connectivity index (χ0v) is 9.98. The summed E-state index contributed by atoms with van der Waals surface area (Å²) in [6.45, 7) is 0. The van der Waals surface area contributed by atoms with Gasteiger partial charge in [0.2, 0.25) is 5.88 Å². The van der Waals surface area contributed by atoms with Crippen LogP contribution in [0, 0.1) is 0 Å². The monoisotopic (exact) mass is 274 g/mol. The first kappa shape index (κ1) is 9.67. The Kier molecular flexibility index (Phi) is 2.56. The molecule has 2 aromatic heterocycles. The fraction of sp³-hybridized carbons (Fsp3) is 0.250. The lowest BCUT2D eigenvalue weighted by Gasteiger charge is -2.02. The van der Waals surface area contributed by atoms with Crippen molar-refractivity contribution in [3.8, 4) is 11.9 Å². The summed E-state index contributed by atoms with van der Waals surface area (Å²) in [7, 11) is 3.11. The highest BCUT2D eigenvalue weighted by Gasteiger charge is 2.12. The number of hydrogen-bond acceptors (Lipinski definition) is 5. The van der Waals surface area contributed by atoms with Gasteiger partial charge in [0.05, 0.1) is 18.7 Å². The van der Waals surface area contributed by atoms with Crippen LogP contribution < -0.4 is 9.47 Å². The van der Waals surface area contributed by atoms with Crippen LogP contribution in [0.2, 0.25) is 0 Å². The number of thiophene rings is 1. The van der Waals surface area contributed by atoms with Gasteiger partial charge in [0, 0.05) is 5.38 Å². The van der Waals surface area contributed by atoms with Gasteiger partial charge in [-0.25, -0.2) is 0 Å². The van der Waals surface area contributed by atoms with Crippen LogP contribution >= 0.6 is 27.3 Å². The molecule has 0 aliphatic rings. The molecule has 0 bridgehead atoms. The highest BCUT2D eigenvalue weighted by atomic mass is 79.9. The van der Waals surface area contributed by atoms with Crippen molar-refractivity contribution in [2.45, 2.75) is 0 Å². The number of hydrogen-bond donors (Lipinski definition) is 0.